The van der Waals surface area contributed by atoms with Crippen LogP contribution in [-0.2, 0) is 9.84 Å². The van der Waals surface area contributed by atoms with Crippen molar-refractivity contribution in [2.75, 3.05) is 6.26 Å². The van der Waals surface area contributed by atoms with Gasteiger partial charge in [0.1, 0.15) is 18.0 Å². The molecule has 0 spiro atoms. The number of sulfone groups is 1. The summed E-state index contributed by atoms with van der Waals surface area (Å²) in [6.45, 7) is 0. The molecular weight excluding hydrogens is 371 g/mol. The number of hydrogen-bond donors (Lipinski definition) is 1. The van der Waals surface area contributed by atoms with Crippen LogP contribution in [0.2, 0.25) is 0 Å². The van der Waals surface area contributed by atoms with E-state index >= 15 is 0 Å². The van der Waals surface area contributed by atoms with Gasteiger partial charge in [-0.3, -0.25) is 0 Å². The van der Waals surface area contributed by atoms with Crippen molar-refractivity contribution in [3.8, 4) is 5.75 Å². The van der Waals surface area contributed by atoms with Gasteiger partial charge in [-0.05, 0) is 18.6 Å². The molecule has 2 aliphatic rings. The van der Waals surface area contributed by atoms with Crippen LogP contribution >= 0.6 is 0 Å². The molecule has 4 nitrogen and oxygen atoms in total. The van der Waals surface area contributed by atoms with Gasteiger partial charge in [-0.25, -0.2) is 21.6 Å². The van der Waals surface area contributed by atoms with Crippen molar-refractivity contribution in [2.24, 2.45) is 0 Å². The zero-order chi connectivity index (χ0) is 18.8. The first kappa shape index (κ1) is 18.4. The lowest BCUT2D eigenvalue weighted by molar-refractivity contribution is -0.144. The van der Waals surface area contributed by atoms with Crippen molar-refractivity contribution in [1.29, 1.82) is 0 Å². The van der Waals surface area contributed by atoms with E-state index in [0.29, 0.717) is 0 Å². The van der Waals surface area contributed by atoms with Crippen LogP contribution in [0.5, 0.6) is 5.75 Å². The molecule has 0 bridgehead atoms. The molecular formula is C15H15F5O4S. The van der Waals surface area contributed by atoms with Gasteiger partial charge in [0.2, 0.25) is 0 Å². The molecule has 0 amide bonds. The lowest BCUT2D eigenvalue weighted by Crippen LogP contribution is -2.24. The maximum absolute atomic E-state index is 14.3. The van der Waals surface area contributed by atoms with Crippen LogP contribution in [0.25, 0.3) is 0 Å². The first-order chi connectivity index (χ1) is 11.3. The standard InChI is InChI=1S/C15H15F5O4S/c1-25(22,23)9-3-2-8(24-7-4-5-14(17,18)6-7)10-11(9)13(21)15(19,20)12(10)16/h2-3,7,12-13,21H,4-6H2,1H3/t7?,12-,13+/m1/s1. The zero-order valence-corrected chi connectivity index (χ0v) is 13.8. The van der Waals surface area contributed by atoms with Crippen molar-refractivity contribution >= 4 is 9.84 Å². The fraction of sp³-hybridized carbons (Fsp3) is 0.600. The molecule has 1 unspecified atom stereocenters. The molecule has 1 fully saturated rings. The normalized spacial score (nSPS) is 30.3. The Kier molecular flexibility index (Phi) is 4.07. The van der Waals surface area contributed by atoms with Gasteiger partial charge in [0, 0.05) is 30.2 Å². The summed E-state index contributed by atoms with van der Waals surface area (Å²) < 4.78 is 97.4. The van der Waals surface area contributed by atoms with E-state index < -0.39 is 74.7 Å². The smallest absolute Gasteiger partial charge is 0.312 e. The summed E-state index contributed by atoms with van der Waals surface area (Å²) in [5.41, 5.74) is -1.57. The number of benzene rings is 1. The molecule has 10 heteroatoms. The van der Waals surface area contributed by atoms with E-state index in [1.54, 1.807) is 0 Å². The Balaban J connectivity index is 2.09. The van der Waals surface area contributed by atoms with Crippen LogP contribution in [0.4, 0.5) is 22.0 Å². The minimum Gasteiger partial charge on any atom is -0.490 e. The third kappa shape index (κ3) is 2.99. The summed E-state index contributed by atoms with van der Waals surface area (Å²) in [7, 11) is -4.03. The Morgan fingerprint density at radius 1 is 1.20 bits per heavy atom. The van der Waals surface area contributed by atoms with Crippen LogP contribution in [0, 0.1) is 0 Å². The predicted molar refractivity (Wildman–Crippen MR) is 76.5 cm³/mol. The summed E-state index contributed by atoms with van der Waals surface area (Å²) in [5, 5.41) is 9.76. The van der Waals surface area contributed by atoms with E-state index in [1.165, 1.54) is 0 Å². The average molecular weight is 386 g/mol. The van der Waals surface area contributed by atoms with E-state index in [-0.39, 0.29) is 6.42 Å². The molecule has 2 aliphatic carbocycles. The van der Waals surface area contributed by atoms with Crippen molar-refractivity contribution < 1.29 is 40.2 Å². The first-order valence-corrected chi connectivity index (χ1v) is 9.35. The van der Waals surface area contributed by atoms with Crippen molar-refractivity contribution in [3.63, 3.8) is 0 Å². The molecule has 0 aromatic heterocycles. The molecule has 1 aromatic rings. The van der Waals surface area contributed by atoms with Gasteiger partial charge in [-0.15, -0.1) is 0 Å². The largest absolute Gasteiger partial charge is 0.490 e. The Morgan fingerprint density at radius 3 is 2.36 bits per heavy atom. The lowest BCUT2D eigenvalue weighted by atomic mass is 10.1. The maximum Gasteiger partial charge on any atom is 0.312 e. The van der Waals surface area contributed by atoms with Gasteiger partial charge >= 0.3 is 5.92 Å². The zero-order valence-electron chi connectivity index (χ0n) is 13.0. The van der Waals surface area contributed by atoms with Gasteiger partial charge in [0.15, 0.2) is 16.0 Å². The molecule has 0 saturated heterocycles. The molecule has 0 radical (unpaired) electrons. The third-order valence-electron chi connectivity index (χ3n) is 4.49. The summed E-state index contributed by atoms with van der Waals surface area (Å²) in [6.07, 6.45) is -7.10. The van der Waals surface area contributed by atoms with Gasteiger partial charge in [0.25, 0.3) is 5.92 Å². The van der Waals surface area contributed by atoms with Crippen molar-refractivity contribution in [3.05, 3.63) is 23.3 Å². The Hall–Kier alpha value is -1.42. The number of hydrogen-bond acceptors (Lipinski definition) is 4. The number of rotatable bonds is 3. The van der Waals surface area contributed by atoms with Crippen LogP contribution < -0.4 is 4.74 Å². The number of aliphatic hydroxyl groups excluding tert-OH is 1. The lowest BCUT2D eigenvalue weighted by Gasteiger charge is -2.19. The van der Waals surface area contributed by atoms with E-state index in [9.17, 15) is 35.5 Å². The van der Waals surface area contributed by atoms with E-state index in [0.717, 1.165) is 18.4 Å². The molecule has 1 saturated carbocycles. The topological polar surface area (TPSA) is 63.6 Å². The van der Waals surface area contributed by atoms with E-state index in [2.05, 4.69) is 0 Å². The van der Waals surface area contributed by atoms with Crippen LogP contribution in [-0.4, -0.2) is 37.7 Å². The summed E-state index contributed by atoms with van der Waals surface area (Å²) in [6, 6.07) is 1.88. The van der Waals surface area contributed by atoms with Gasteiger partial charge in [0.05, 0.1) is 4.90 Å². The summed E-state index contributed by atoms with van der Waals surface area (Å²) in [5.74, 6) is -7.66. The fourth-order valence-electron chi connectivity index (χ4n) is 3.28. The summed E-state index contributed by atoms with van der Waals surface area (Å²) in [4.78, 5) is -0.640. The highest BCUT2D eigenvalue weighted by atomic mass is 32.2. The van der Waals surface area contributed by atoms with Gasteiger partial charge < -0.3 is 9.84 Å². The number of halogens is 5. The molecule has 3 rings (SSSR count). The van der Waals surface area contributed by atoms with Gasteiger partial charge in [-0.2, -0.15) is 8.78 Å². The molecule has 0 heterocycles. The summed E-state index contributed by atoms with van der Waals surface area (Å²) >= 11 is 0. The Labute approximate surface area is 140 Å². The third-order valence-corrected chi connectivity index (χ3v) is 5.64. The number of alkyl halides is 5. The highest BCUT2D eigenvalue weighted by Crippen LogP contribution is 2.57. The van der Waals surface area contributed by atoms with Gasteiger partial charge in [-0.1, -0.05) is 0 Å². The van der Waals surface area contributed by atoms with Crippen molar-refractivity contribution in [2.45, 2.75) is 54.4 Å². The first-order valence-electron chi connectivity index (χ1n) is 7.46. The van der Waals surface area contributed by atoms with Crippen molar-refractivity contribution in [1.82, 2.24) is 0 Å². The molecule has 0 aliphatic heterocycles. The maximum atomic E-state index is 14.3. The average Bonchev–Trinajstić information content (AvgIpc) is 2.90. The number of aliphatic hydroxyl groups is 1. The fourth-order valence-corrected chi connectivity index (χ4v) is 4.22. The highest BCUT2D eigenvalue weighted by molar-refractivity contribution is 7.90. The molecule has 140 valence electrons. The van der Waals surface area contributed by atoms with Crippen LogP contribution in [0.1, 0.15) is 42.7 Å². The van der Waals surface area contributed by atoms with E-state index in [4.69, 9.17) is 4.74 Å². The second-order valence-electron chi connectivity index (χ2n) is 6.44. The molecule has 1 aromatic carbocycles. The second kappa shape index (κ2) is 5.54. The second-order valence-corrected chi connectivity index (χ2v) is 8.42. The Morgan fingerprint density at radius 2 is 1.84 bits per heavy atom. The monoisotopic (exact) mass is 386 g/mol. The number of fused-ring (bicyclic) bond motifs is 1. The van der Waals surface area contributed by atoms with Crippen LogP contribution in [0.3, 0.4) is 0 Å². The Bertz CT molecular complexity index is 808. The number of ether oxygens (including phenoxy) is 1. The minimum atomic E-state index is -4.25. The highest BCUT2D eigenvalue weighted by Gasteiger charge is 2.59. The molecule has 3 atom stereocenters. The minimum absolute atomic E-state index is 0.0501. The quantitative estimate of drug-likeness (QED) is 0.810. The van der Waals surface area contributed by atoms with Crippen LogP contribution in [0.15, 0.2) is 17.0 Å². The predicted octanol–water partition coefficient (Wildman–Crippen LogP) is 3.35. The van der Waals surface area contributed by atoms with E-state index in [1.807, 2.05) is 0 Å². The SMILES string of the molecule is CS(=O)(=O)c1ccc(OC2CCC(F)(F)C2)c2c1[C@H](O)C(F)(F)[C@@H]2F. The molecule has 1 N–H and O–H groups in total. The molecule has 25 heavy (non-hydrogen) atoms.